The van der Waals surface area contributed by atoms with Gasteiger partial charge in [0.1, 0.15) is 10.9 Å². The second-order valence-corrected chi connectivity index (χ2v) is 6.14. The van der Waals surface area contributed by atoms with Gasteiger partial charge in [0, 0.05) is 6.42 Å². The van der Waals surface area contributed by atoms with Crippen LogP contribution in [-0.2, 0) is 12.8 Å². The monoisotopic (exact) mass is 292 g/mol. The molecular formula is C18H16N2S. The Balaban J connectivity index is 1.97. The molecule has 0 aliphatic rings. The lowest BCUT2D eigenvalue weighted by Crippen LogP contribution is -1.91. The summed E-state index contributed by atoms with van der Waals surface area (Å²) in [7, 11) is 0. The van der Waals surface area contributed by atoms with E-state index in [1.54, 1.807) is 0 Å². The van der Waals surface area contributed by atoms with Gasteiger partial charge in [-0.15, -0.1) is 11.3 Å². The Kier molecular flexibility index (Phi) is 3.98. The number of fused-ring (bicyclic) bond motifs is 1. The third kappa shape index (κ3) is 2.81. The summed E-state index contributed by atoms with van der Waals surface area (Å²) in [6, 6.07) is 17.0. The first-order chi connectivity index (χ1) is 10.3. The normalized spacial score (nSPS) is 10.7. The van der Waals surface area contributed by atoms with Gasteiger partial charge in [0.2, 0.25) is 0 Å². The van der Waals surface area contributed by atoms with E-state index >= 15 is 0 Å². The molecule has 0 amide bonds. The lowest BCUT2D eigenvalue weighted by molar-refractivity contribution is 0.880. The Morgan fingerprint density at radius 3 is 2.76 bits per heavy atom. The molecule has 0 aliphatic heterocycles. The second kappa shape index (κ2) is 6.07. The Morgan fingerprint density at radius 1 is 1.14 bits per heavy atom. The molecule has 0 unspecified atom stereocenters. The van der Waals surface area contributed by atoms with Gasteiger partial charge in [-0.3, -0.25) is 0 Å². The van der Waals surface area contributed by atoms with Gasteiger partial charge < -0.3 is 0 Å². The summed E-state index contributed by atoms with van der Waals surface area (Å²) in [5.74, 6) is 0. The minimum atomic E-state index is 0.770. The van der Waals surface area contributed by atoms with E-state index in [9.17, 15) is 5.26 Å². The van der Waals surface area contributed by atoms with Crippen LogP contribution in [0.3, 0.4) is 0 Å². The van der Waals surface area contributed by atoms with Crippen LogP contribution >= 0.6 is 11.3 Å². The van der Waals surface area contributed by atoms with Crippen LogP contribution in [-0.4, -0.2) is 4.98 Å². The molecule has 0 radical (unpaired) electrons. The zero-order chi connectivity index (χ0) is 14.7. The molecule has 0 bridgehead atoms. The molecule has 2 nitrogen and oxygen atoms in total. The van der Waals surface area contributed by atoms with Crippen LogP contribution in [0.5, 0.6) is 0 Å². The highest BCUT2D eigenvalue weighted by atomic mass is 32.1. The van der Waals surface area contributed by atoms with Gasteiger partial charge in [-0.05, 0) is 22.8 Å². The second-order valence-electron chi connectivity index (χ2n) is 5.06. The van der Waals surface area contributed by atoms with Gasteiger partial charge in [0.15, 0.2) is 0 Å². The van der Waals surface area contributed by atoms with E-state index in [2.05, 4.69) is 60.4 Å². The first-order valence-electron chi connectivity index (χ1n) is 7.17. The molecule has 0 saturated heterocycles. The van der Waals surface area contributed by atoms with E-state index < -0.39 is 0 Å². The lowest BCUT2D eigenvalue weighted by atomic mass is 10.0. The number of hydrogen-bond donors (Lipinski definition) is 0. The van der Waals surface area contributed by atoms with E-state index in [1.807, 2.05) is 0 Å². The van der Waals surface area contributed by atoms with E-state index in [4.69, 9.17) is 0 Å². The van der Waals surface area contributed by atoms with Crippen molar-refractivity contribution in [2.24, 2.45) is 0 Å². The van der Waals surface area contributed by atoms with Gasteiger partial charge in [-0.25, -0.2) is 4.98 Å². The quantitative estimate of drug-likeness (QED) is 0.698. The topological polar surface area (TPSA) is 36.7 Å². The summed E-state index contributed by atoms with van der Waals surface area (Å²) in [6.45, 7) is 2.12. The van der Waals surface area contributed by atoms with Crippen molar-refractivity contribution in [3.63, 3.8) is 0 Å². The smallest absolute Gasteiger partial charge is 0.128 e. The van der Waals surface area contributed by atoms with E-state index in [0.29, 0.717) is 0 Å². The Bertz CT molecular complexity index is 806. The van der Waals surface area contributed by atoms with Crippen LogP contribution < -0.4 is 0 Å². The summed E-state index contributed by atoms with van der Waals surface area (Å²) >= 11 is 1.53. The SMILES string of the molecule is CCCc1nc(Cc2cccc3ccccc23)sc1C#N. The van der Waals surface area contributed by atoms with Gasteiger partial charge in [0.05, 0.1) is 10.7 Å². The van der Waals surface area contributed by atoms with E-state index in [-0.39, 0.29) is 0 Å². The van der Waals surface area contributed by atoms with Crippen molar-refractivity contribution in [2.45, 2.75) is 26.2 Å². The number of benzene rings is 2. The summed E-state index contributed by atoms with van der Waals surface area (Å²) in [5.41, 5.74) is 2.23. The van der Waals surface area contributed by atoms with Crippen LogP contribution in [0.1, 0.15) is 34.5 Å². The Hall–Kier alpha value is -2.18. The molecule has 3 heteroatoms. The highest BCUT2D eigenvalue weighted by Crippen LogP contribution is 2.25. The maximum absolute atomic E-state index is 9.22. The average molecular weight is 292 g/mol. The molecule has 0 fully saturated rings. The van der Waals surface area contributed by atoms with Crippen molar-refractivity contribution in [3.05, 3.63) is 63.6 Å². The molecule has 0 atom stereocenters. The maximum Gasteiger partial charge on any atom is 0.128 e. The predicted octanol–water partition coefficient (Wildman–Crippen LogP) is 4.71. The molecule has 1 heterocycles. The molecule has 0 spiro atoms. The average Bonchev–Trinajstić information content (AvgIpc) is 2.90. The van der Waals surface area contributed by atoms with Gasteiger partial charge in [-0.1, -0.05) is 55.8 Å². The van der Waals surface area contributed by atoms with Gasteiger partial charge in [-0.2, -0.15) is 5.26 Å². The molecule has 0 saturated carbocycles. The zero-order valence-corrected chi connectivity index (χ0v) is 12.8. The summed E-state index contributed by atoms with van der Waals surface area (Å²) in [4.78, 5) is 5.44. The molecule has 2 aromatic carbocycles. The highest BCUT2D eigenvalue weighted by molar-refractivity contribution is 7.12. The molecule has 3 rings (SSSR count). The molecule has 3 aromatic rings. The third-order valence-corrected chi connectivity index (χ3v) is 4.55. The molecule has 1 aromatic heterocycles. The third-order valence-electron chi connectivity index (χ3n) is 3.55. The van der Waals surface area contributed by atoms with Gasteiger partial charge >= 0.3 is 0 Å². The van der Waals surface area contributed by atoms with Gasteiger partial charge in [0.25, 0.3) is 0 Å². The Labute approximate surface area is 128 Å². The molecule has 0 N–H and O–H groups in total. The Morgan fingerprint density at radius 2 is 1.95 bits per heavy atom. The number of nitriles is 1. The van der Waals surface area contributed by atoms with Crippen molar-refractivity contribution in [1.82, 2.24) is 4.98 Å². The van der Waals surface area contributed by atoms with Crippen LogP contribution in [0.15, 0.2) is 42.5 Å². The highest BCUT2D eigenvalue weighted by Gasteiger charge is 2.11. The fraction of sp³-hybridized carbons (Fsp3) is 0.222. The lowest BCUT2D eigenvalue weighted by Gasteiger charge is -2.04. The van der Waals surface area contributed by atoms with Crippen LogP contribution in [0, 0.1) is 11.3 Å². The van der Waals surface area contributed by atoms with Crippen molar-refractivity contribution in [1.29, 1.82) is 5.26 Å². The van der Waals surface area contributed by atoms with Crippen LogP contribution in [0.25, 0.3) is 10.8 Å². The predicted molar refractivity (Wildman–Crippen MR) is 87.6 cm³/mol. The maximum atomic E-state index is 9.22. The van der Waals surface area contributed by atoms with E-state index in [1.165, 1.54) is 27.7 Å². The number of aryl methyl sites for hydroxylation is 1. The number of hydrogen-bond acceptors (Lipinski definition) is 3. The number of thiazole rings is 1. The largest absolute Gasteiger partial charge is 0.244 e. The number of nitrogens with zero attached hydrogens (tertiary/aromatic N) is 2. The minimum Gasteiger partial charge on any atom is -0.244 e. The molecule has 21 heavy (non-hydrogen) atoms. The van der Waals surface area contributed by atoms with Crippen molar-refractivity contribution >= 4 is 22.1 Å². The summed E-state index contributed by atoms with van der Waals surface area (Å²) in [5, 5.41) is 12.8. The number of aromatic nitrogens is 1. The zero-order valence-electron chi connectivity index (χ0n) is 12.0. The number of rotatable bonds is 4. The summed E-state index contributed by atoms with van der Waals surface area (Å²) in [6.07, 6.45) is 2.70. The standard InChI is InChI=1S/C18H16N2S/c1-2-6-16-17(12-19)21-18(20-16)11-14-9-5-8-13-7-3-4-10-15(13)14/h3-5,7-10H,2,6,11H2,1H3. The summed E-state index contributed by atoms with van der Waals surface area (Å²) < 4.78 is 0. The van der Waals surface area contributed by atoms with Crippen LogP contribution in [0.2, 0.25) is 0 Å². The van der Waals surface area contributed by atoms with E-state index in [0.717, 1.165) is 34.8 Å². The minimum absolute atomic E-state index is 0.770. The first-order valence-corrected chi connectivity index (χ1v) is 7.98. The van der Waals surface area contributed by atoms with Crippen molar-refractivity contribution in [3.8, 4) is 6.07 Å². The molecular weight excluding hydrogens is 276 g/mol. The fourth-order valence-corrected chi connectivity index (χ4v) is 3.51. The fourth-order valence-electron chi connectivity index (χ4n) is 2.58. The van der Waals surface area contributed by atoms with Crippen molar-refractivity contribution < 1.29 is 0 Å². The first kappa shape index (κ1) is 13.8. The molecule has 104 valence electrons. The van der Waals surface area contributed by atoms with Crippen molar-refractivity contribution in [2.75, 3.05) is 0 Å². The van der Waals surface area contributed by atoms with Crippen LogP contribution in [0.4, 0.5) is 0 Å². The molecule has 0 aliphatic carbocycles.